The molecule has 6 heteroatoms. The highest BCUT2D eigenvalue weighted by Crippen LogP contribution is 2.37. The smallest absolute Gasteiger partial charge is 0.261 e. The van der Waals surface area contributed by atoms with Gasteiger partial charge in [-0.1, -0.05) is 87.5 Å². The average molecular weight is 480 g/mol. The first-order valence-corrected chi connectivity index (χ1v) is 13.9. The molecular formula is C28H37NO4Si. The lowest BCUT2D eigenvalue weighted by Crippen LogP contribution is -2.66. The number of nitrogens with zero attached hydrogens (tertiary/aromatic N) is 1. The fourth-order valence-electron chi connectivity index (χ4n) is 4.78. The average Bonchev–Trinajstić information content (AvgIpc) is 2.84. The molecule has 2 atom stereocenters. The Bertz CT molecular complexity index is 968. The minimum absolute atomic E-state index is 0.0267. The van der Waals surface area contributed by atoms with Gasteiger partial charge in [-0.25, -0.2) is 4.98 Å². The molecule has 3 aromatic rings. The summed E-state index contributed by atoms with van der Waals surface area (Å²) in [5.41, 5.74) is 0.674. The highest BCUT2D eigenvalue weighted by Gasteiger charge is 2.49. The predicted octanol–water partition coefficient (Wildman–Crippen LogP) is 3.66. The summed E-state index contributed by atoms with van der Waals surface area (Å²) in [5, 5.41) is 32.5. The lowest BCUT2D eigenvalue weighted by atomic mass is 9.90. The third kappa shape index (κ3) is 5.94. The largest absolute Gasteiger partial charge is 0.493 e. The van der Waals surface area contributed by atoms with Crippen LogP contribution >= 0.6 is 0 Å². The van der Waals surface area contributed by atoms with Gasteiger partial charge in [0.2, 0.25) is 5.88 Å². The van der Waals surface area contributed by atoms with Crippen molar-refractivity contribution in [2.45, 2.75) is 51.2 Å². The van der Waals surface area contributed by atoms with Gasteiger partial charge in [-0.2, -0.15) is 0 Å². The fraction of sp³-hybridized carbons (Fsp3) is 0.393. The van der Waals surface area contributed by atoms with E-state index in [1.54, 1.807) is 12.1 Å². The Morgan fingerprint density at radius 2 is 1.50 bits per heavy atom. The Morgan fingerprint density at radius 1 is 0.912 bits per heavy atom. The monoisotopic (exact) mass is 479 g/mol. The van der Waals surface area contributed by atoms with Gasteiger partial charge >= 0.3 is 0 Å². The number of aliphatic hydroxyl groups is 2. The molecule has 2 aromatic carbocycles. The number of aromatic nitrogens is 1. The molecule has 0 spiro atoms. The summed E-state index contributed by atoms with van der Waals surface area (Å²) in [6.45, 7) is 6.98. The molecule has 0 radical (unpaired) electrons. The molecule has 0 aliphatic heterocycles. The van der Waals surface area contributed by atoms with Crippen molar-refractivity contribution < 1.29 is 19.7 Å². The van der Waals surface area contributed by atoms with Gasteiger partial charge < -0.3 is 19.7 Å². The lowest BCUT2D eigenvalue weighted by Gasteiger charge is -2.43. The van der Waals surface area contributed by atoms with Crippen LogP contribution in [-0.2, 0) is 10.8 Å². The Balaban J connectivity index is 1.80. The normalized spacial score (nSPS) is 14.0. The molecule has 0 bridgehead atoms. The van der Waals surface area contributed by atoms with Crippen molar-refractivity contribution in [2.24, 2.45) is 5.92 Å². The number of aliphatic hydroxyl groups excluding tert-OH is 2. The molecule has 0 fully saturated rings. The SMILES string of the molecule is CC(C)(C)[Si](OCCCC(Cc1cccnc1O)C(O)CO)(c1ccccc1)c1ccccc1. The van der Waals surface area contributed by atoms with Crippen LogP contribution in [0.1, 0.15) is 39.2 Å². The Hall–Kier alpha value is -2.51. The van der Waals surface area contributed by atoms with E-state index < -0.39 is 14.4 Å². The van der Waals surface area contributed by atoms with Crippen molar-refractivity contribution in [1.82, 2.24) is 4.98 Å². The zero-order valence-corrected chi connectivity index (χ0v) is 21.4. The van der Waals surface area contributed by atoms with Gasteiger partial charge in [0.25, 0.3) is 8.32 Å². The number of rotatable bonds is 11. The van der Waals surface area contributed by atoms with Gasteiger partial charge in [0, 0.05) is 18.4 Å². The van der Waals surface area contributed by atoms with Gasteiger partial charge in [0.1, 0.15) is 0 Å². The van der Waals surface area contributed by atoms with Crippen molar-refractivity contribution >= 4 is 18.7 Å². The van der Waals surface area contributed by atoms with E-state index in [1.807, 2.05) is 12.1 Å². The molecule has 34 heavy (non-hydrogen) atoms. The molecule has 5 nitrogen and oxygen atoms in total. The molecule has 182 valence electrons. The molecule has 0 amide bonds. The predicted molar refractivity (Wildman–Crippen MR) is 139 cm³/mol. The first-order chi connectivity index (χ1) is 16.3. The zero-order valence-electron chi connectivity index (χ0n) is 20.4. The van der Waals surface area contributed by atoms with E-state index >= 15 is 0 Å². The molecular weight excluding hydrogens is 442 g/mol. The van der Waals surface area contributed by atoms with E-state index in [1.165, 1.54) is 16.6 Å². The summed E-state index contributed by atoms with van der Waals surface area (Å²) in [6.07, 6.45) is 2.50. The second-order valence-electron chi connectivity index (χ2n) is 9.85. The molecule has 0 aliphatic rings. The van der Waals surface area contributed by atoms with Crippen molar-refractivity contribution in [1.29, 1.82) is 0 Å². The Morgan fingerprint density at radius 3 is 2.00 bits per heavy atom. The molecule has 1 heterocycles. The Labute approximate surface area is 204 Å². The van der Waals surface area contributed by atoms with Crippen LogP contribution in [0, 0.1) is 5.92 Å². The zero-order chi connectivity index (χ0) is 24.6. The van der Waals surface area contributed by atoms with Gasteiger partial charge in [0.05, 0.1) is 12.7 Å². The minimum atomic E-state index is -2.60. The van der Waals surface area contributed by atoms with Gasteiger partial charge in [-0.15, -0.1) is 0 Å². The van der Waals surface area contributed by atoms with E-state index in [-0.39, 0.29) is 23.4 Å². The maximum Gasteiger partial charge on any atom is 0.261 e. The first-order valence-electron chi connectivity index (χ1n) is 12.0. The standard InChI is InChI=1S/C28H37NO4Si/c1-28(2,3)34(24-14-6-4-7-15-24,25-16-8-5-9-17-25)33-19-11-13-22(26(31)21-30)20-23-12-10-18-29-27(23)32/h4-10,12,14-18,22,26,30-31H,11,13,19-21H2,1-3H3,(H,29,32). The summed E-state index contributed by atoms with van der Waals surface area (Å²) in [7, 11) is -2.60. The summed E-state index contributed by atoms with van der Waals surface area (Å²) in [5.74, 6) is -0.232. The van der Waals surface area contributed by atoms with Crippen LogP contribution in [-0.4, -0.2) is 47.9 Å². The number of pyridine rings is 1. The summed E-state index contributed by atoms with van der Waals surface area (Å²) in [6, 6.07) is 24.6. The van der Waals surface area contributed by atoms with Gasteiger partial charge in [-0.3, -0.25) is 0 Å². The second-order valence-corrected chi connectivity index (χ2v) is 14.2. The maximum absolute atomic E-state index is 10.4. The molecule has 3 rings (SSSR count). The number of hydrogen-bond acceptors (Lipinski definition) is 5. The molecule has 2 unspecified atom stereocenters. The van der Waals surface area contributed by atoms with E-state index in [2.05, 4.69) is 74.3 Å². The molecule has 0 aliphatic carbocycles. The lowest BCUT2D eigenvalue weighted by molar-refractivity contribution is 0.0411. The molecule has 3 N–H and O–H groups in total. The van der Waals surface area contributed by atoms with Gasteiger partial charge in [0.15, 0.2) is 0 Å². The number of aromatic hydroxyl groups is 1. The molecule has 0 saturated heterocycles. The molecule has 0 saturated carbocycles. The quantitative estimate of drug-likeness (QED) is 0.289. The van der Waals surface area contributed by atoms with Crippen molar-refractivity contribution in [2.75, 3.05) is 13.2 Å². The number of hydrogen-bond donors (Lipinski definition) is 3. The highest BCUT2D eigenvalue weighted by molar-refractivity contribution is 6.99. The van der Waals surface area contributed by atoms with Crippen molar-refractivity contribution in [3.63, 3.8) is 0 Å². The van der Waals surface area contributed by atoms with Crippen LogP contribution in [0.15, 0.2) is 79.0 Å². The fourth-order valence-corrected chi connectivity index (χ4v) is 9.39. The third-order valence-corrected chi connectivity index (χ3v) is 11.6. The van der Waals surface area contributed by atoms with Crippen LogP contribution in [0.3, 0.4) is 0 Å². The van der Waals surface area contributed by atoms with Crippen LogP contribution in [0.4, 0.5) is 0 Å². The minimum Gasteiger partial charge on any atom is -0.493 e. The second kappa shape index (κ2) is 11.8. The van der Waals surface area contributed by atoms with Gasteiger partial charge in [-0.05, 0) is 46.7 Å². The van der Waals surface area contributed by atoms with Crippen LogP contribution in [0.2, 0.25) is 5.04 Å². The third-order valence-electron chi connectivity index (χ3n) is 6.54. The number of benzene rings is 2. The first kappa shape index (κ1) is 26.1. The van der Waals surface area contributed by atoms with E-state index in [4.69, 9.17) is 4.43 Å². The molecule has 1 aromatic heterocycles. The highest BCUT2D eigenvalue weighted by atomic mass is 28.4. The summed E-state index contributed by atoms with van der Waals surface area (Å²) >= 11 is 0. The Kier molecular flexibility index (Phi) is 9.02. The summed E-state index contributed by atoms with van der Waals surface area (Å²) < 4.78 is 6.94. The van der Waals surface area contributed by atoms with Crippen molar-refractivity contribution in [3.8, 4) is 5.88 Å². The van der Waals surface area contributed by atoms with Crippen LogP contribution < -0.4 is 10.4 Å². The van der Waals surface area contributed by atoms with E-state index in [0.29, 0.717) is 25.0 Å². The topological polar surface area (TPSA) is 82.8 Å². The van der Waals surface area contributed by atoms with E-state index in [9.17, 15) is 15.3 Å². The van der Waals surface area contributed by atoms with Crippen LogP contribution in [0.5, 0.6) is 5.88 Å². The van der Waals surface area contributed by atoms with Crippen molar-refractivity contribution in [3.05, 3.63) is 84.6 Å². The summed E-state index contributed by atoms with van der Waals surface area (Å²) in [4.78, 5) is 3.93. The maximum atomic E-state index is 10.4. The van der Waals surface area contributed by atoms with E-state index in [0.717, 1.165) is 6.42 Å². The van der Waals surface area contributed by atoms with Crippen LogP contribution in [0.25, 0.3) is 0 Å².